The van der Waals surface area contributed by atoms with E-state index in [1.165, 1.54) is 30.3 Å². The summed E-state index contributed by atoms with van der Waals surface area (Å²) in [4.78, 5) is 14.0. The Kier molecular flexibility index (Phi) is 6.78. The van der Waals surface area contributed by atoms with Gasteiger partial charge in [-0.15, -0.1) is 0 Å². The highest BCUT2D eigenvalue weighted by atomic mass is 32.2. The summed E-state index contributed by atoms with van der Waals surface area (Å²) in [6.45, 7) is 1.48. The molecule has 2 aromatic rings. The molecule has 0 aromatic heterocycles. The van der Waals surface area contributed by atoms with Crippen LogP contribution in [0, 0.1) is 11.6 Å². The van der Waals surface area contributed by atoms with Gasteiger partial charge in [0.1, 0.15) is 23.8 Å². The van der Waals surface area contributed by atoms with Crippen LogP contribution < -0.4 is 4.72 Å². The van der Waals surface area contributed by atoms with Gasteiger partial charge in [-0.25, -0.2) is 17.6 Å². The van der Waals surface area contributed by atoms with Crippen LogP contribution >= 0.6 is 11.9 Å². The van der Waals surface area contributed by atoms with E-state index in [1.807, 2.05) is 6.92 Å². The van der Waals surface area contributed by atoms with Gasteiger partial charge in [-0.1, -0.05) is 55.3 Å². The van der Waals surface area contributed by atoms with Crippen molar-refractivity contribution in [2.45, 2.75) is 43.9 Å². The summed E-state index contributed by atoms with van der Waals surface area (Å²) in [5.41, 5.74) is 0.294. The van der Waals surface area contributed by atoms with E-state index in [1.54, 1.807) is 12.1 Å². The van der Waals surface area contributed by atoms with E-state index in [9.17, 15) is 18.0 Å². The summed E-state index contributed by atoms with van der Waals surface area (Å²) in [6, 6.07) is 7.99. The average Bonchev–Trinajstić information content (AvgIpc) is 2.97. The number of ether oxygens (including phenoxy) is 1. The van der Waals surface area contributed by atoms with Crippen LogP contribution in [0.5, 0.6) is 0 Å². The van der Waals surface area contributed by atoms with E-state index in [-0.39, 0.29) is 23.1 Å². The van der Waals surface area contributed by atoms with Crippen molar-refractivity contribution in [3.63, 3.8) is 0 Å². The lowest BCUT2D eigenvalue weighted by Crippen LogP contribution is -2.51. The highest BCUT2D eigenvalue weighted by Crippen LogP contribution is 2.38. The zero-order valence-corrected chi connectivity index (χ0v) is 18.3. The number of amides is 1. The minimum atomic E-state index is -3.19. The van der Waals surface area contributed by atoms with Crippen molar-refractivity contribution in [2.75, 3.05) is 18.9 Å². The Morgan fingerprint density at radius 3 is 2.56 bits per heavy atom. The second-order valence-electron chi connectivity index (χ2n) is 7.93. The van der Waals surface area contributed by atoms with Gasteiger partial charge in [0.15, 0.2) is 0 Å². The smallest absolute Gasteiger partial charge is 0.283 e. The zero-order valence-electron chi connectivity index (χ0n) is 17.5. The molecular formula is C23H24F4N2O2S. The minimum absolute atomic E-state index is 0.0537. The molecule has 2 heterocycles. The van der Waals surface area contributed by atoms with Gasteiger partial charge >= 0.3 is 0 Å². The predicted octanol–water partition coefficient (Wildman–Crippen LogP) is 4.44. The van der Waals surface area contributed by atoms with Crippen LogP contribution in [-0.4, -0.2) is 53.8 Å². The lowest BCUT2D eigenvalue weighted by Gasteiger charge is -2.34. The summed E-state index contributed by atoms with van der Waals surface area (Å²) in [6.07, 6.45) is -0.392. The number of carbonyl (C=O) groups is 1. The van der Waals surface area contributed by atoms with Gasteiger partial charge in [0.25, 0.3) is 11.8 Å². The van der Waals surface area contributed by atoms with Crippen molar-refractivity contribution >= 4 is 17.9 Å². The fourth-order valence-electron chi connectivity index (χ4n) is 4.18. The number of rotatable bonds is 7. The average molecular weight is 469 g/mol. The monoisotopic (exact) mass is 468 g/mol. The molecule has 1 amide bonds. The maximum atomic E-state index is 15.4. The highest BCUT2D eigenvalue weighted by Gasteiger charge is 2.57. The second-order valence-corrected chi connectivity index (χ2v) is 9.04. The molecule has 2 fully saturated rings. The van der Waals surface area contributed by atoms with E-state index in [2.05, 4.69) is 4.72 Å². The van der Waals surface area contributed by atoms with Crippen molar-refractivity contribution < 1.29 is 27.1 Å². The number of hydrogen-bond acceptors (Lipinski definition) is 4. The topological polar surface area (TPSA) is 41.6 Å². The van der Waals surface area contributed by atoms with Crippen molar-refractivity contribution in [2.24, 2.45) is 0 Å². The molecule has 3 unspecified atom stereocenters. The molecular weight excluding hydrogens is 444 g/mol. The van der Waals surface area contributed by atoms with Crippen LogP contribution in [0.2, 0.25) is 0 Å². The first kappa shape index (κ1) is 23.1. The Morgan fingerprint density at radius 2 is 1.91 bits per heavy atom. The Bertz CT molecular complexity index is 986. The third-order valence-corrected chi connectivity index (χ3v) is 6.61. The lowest BCUT2D eigenvalue weighted by molar-refractivity contribution is -0.158. The van der Waals surface area contributed by atoms with Crippen LogP contribution in [0.25, 0.3) is 11.1 Å². The fourth-order valence-corrected chi connectivity index (χ4v) is 4.85. The van der Waals surface area contributed by atoms with Crippen molar-refractivity contribution in [1.29, 1.82) is 0 Å². The molecule has 0 bridgehead atoms. The van der Waals surface area contributed by atoms with Crippen molar-refractivity contribution in [3.8, 4) is 11.1 Å². The van der Waals surface area contributed by atoms with Gasteiger partial charge < -0.3 is 9.64 Å². The van der Waals surface area contributed by atoms with E-state index in [4.69, 9.17) is 4.74 Å². The molecule has 32 heavy (non-hydrogen) atoms. The SMILES string of the molecule is CCSNC1C(Cc2cccc(-c3ccccc3F)c2F)N(C(=O)C2CCO2)CC1(F)F. The number of nitrogens with zero attached hydrogens (tertiary/aromatic N) is 1. The van der Waals surface area contributed by atoms with Crippen LogP contribution in [0.1, 0.15) is 18.9 Å². The van der Waals surface area contributed by atoms with Crippen LogP contribution in [0.4, 0.5) is 17.6 Å². The van der Waals surface area contributed by atoms with Gasteiger partial charge in [0.2, 0.25) is 0 Å². The molecule has 0 radical (unpaired) electrons. The first-order chi connectivity index (χ1) is 15.3. The Labute approximate surface area is 188 Å². The largest absolute Gasteiger partial charge is 0.368 e. The second kappa shape index (κ2) is 9.41. The predicted molar refractivity (Wildman–Crippen MR) is 115 cm³/mol. The molecule has 2 saturated heterocycles. The van der Waals surface area contributed by atoms with E-state index in [0.29, 0.717) is 18.8 Å². The third kappa shape index (κ3) is 4.38. The molecule has 2 aliphatic heterocycles. The molecule has 4 rings (SSSR count). The molecule has 0 saturated carbocycles. The molecule has 4 nitrogen and oxygen atoms in total. The number of benzene rings is 2. The summed E-state index contributed by atoms with van der Waals surface area (Å²) in [5.74, 6) is -4.39. The number of likely N-dealkylation sites (tertiary alicyclic amines) is 1. The molecule has 3 atom stereocenters. The number of carbonyl (C=O) groups excluding carboxylic acids is 1. The van der Waals surface area contributed by atoms with Crippen LogP contribution in [0.3, 0.4) is 0 Å². The summed E-state index contributed by atoms with van der Waals surface area (Å²) in [7, 11) is 0. The lowest BCUT2D eigenvalue weighted by atomic mass is 9.95. The van der Waals surface area contributed by atoms with Crippen LogP contribution in [-0.2, 0) is 16.0 Å². The number of nitrogens with one attached hydrogen (secondary N) is 1. The van der Waals surface area contributed by atoms with Gasteiger partial charge in [-0.05, 0) is 18.1 Å². The maximum Gasteiger partial charge on any atom is 0.283 e. The standard InChI is InChI=1S/C23H24F4N2O2S/c1-2-32-28-21-18(29(13-23(21,26)27)22(30)19-10-11-31-19)12-14-6-5-8-16(20(14)25)15-7-3-4-9-17(15)24/h3-9,18-19,21,28H,2,10-13H2,1H3. The molecule has 2 aliphatic rings. The summed E-state index contributed by atoms with van der Waals surface area (Å²) in [5, 5.41) is 0. The number of hydrogen-bond donors (Lipinski definition) is 1. The normalized spacial score (nSPS) is 24.4. The molecule has 1 N–H and O–H groups in total. The van der Waals surface area contributed by atoms with Gasteiger partial charge in [0.05, 0.1) is 19.2 Å². The molecule has 0 spiro atoms. The molecule has 9 heteroatoms. The van der Waals surface area contributed by atoms with E-state index < -0.39 is 48.2 Å². The number of alkyl halides is 2. The minimum Gasteiger partial charge on any atom is -0.368 e. The van der Waals surface area contributed by atoms with Gasteiger partial charge in [-0.3, -0.25) is 9.52 Å². The summed E-state index contributed by atoms with van der Waals surface area (Å²) < 4.78 is 67.5. The number of halogens is 4. The maximum absolute atomic E-state index is 15.4. The van der Waals surface area contributed by atoms with Crippen molar-refractivity contribution in [1.82, 2.24) is 9.62 Å². The Balaban J connectivity index is 1.68. The Morgan fingerprint density at radius 1 is 1.19 bits per heavy atom. The molecule has 2 aromatic carbocycles. The third-order valence-electron chi connectivity index (χ3n) is 5.91. The fraction of sp³-hybridized carbons (Fsp3) is 0.435. The summed E-state index contributed by atoms with van der Waals surface area (Å²) >= 11 is 1.13. The van der Waals surface area contributed by atoms with Crippen LogP contribution in [0.15, 0.2) is 42.5 Å². The van der Waals surface area contributed by atoms with E-state index >= 15 is 4.39 Å². The quantitative estimate of drug-likeness (QED) is 0.482. The van der Waals surface area contributed by atoms with Gasteiger partial charge in [0, 0.05) is 23.3 Å². The van der Waals surface area contributed by atoms with E-state index in [0.717, 1.165) is 16.8 Å². The zero-order chi connectivity index (χ0) is 22.9. The Hall–Kier alpha value is -2.10. The molecule has 0 aliphatic carbocycles. The first-order valence-electron chi connectivity index (χ1n) is 10.5. The van der Waals surface area contributed by atoms with Gasteiger partial charge in [-0.2, -0.15) is 0 Å². The molecule has 172 valence electrons. The van der Waals surface area contributed by atoms with Crippen molar-refractivity contribution in [3.05, 3.63) is 59.7 Å². The highest BCUT2D eigenvalue weighted by molar-refractivity contribution is 7.97. The first-order valence-corrected chi connectivity index (χ1v) is 11.5.